The van der Waals surface area contributed by atoms with E-state index in [4.69, 9.17) is 11.6 Å². The molecule has 13 heteroatoms. The summed E-state index contributed by atoms with van der Waals surface area (Å²) in [5, 5.41) is 19.0. The van der Waals surface area contributed by atoms with E-state index in [2.05, 4.69) is 61.0 Å². The van der Waals surface area contributed by atoms with E-state index < -0.39 is 10.0 Å². The molecule has 0 amide bonds. The van der Waals surface area contributed by atoms with Gasteiger partial charge in [-0.2, -0.15) is 5.10 Å². The summed E-state index contributed by atoms with van der Waals surface area (Å²) in [6, 6.07) is 7.86. The number of aliphatic hydroxyl groups excluding tert-OH is 1. The van der Waals surface area contributed by atoms with Gasteiger partial charge < -0.3 is 15.3 Å². The summed E-state index contributed by atoms with van der Waals surface area (Å²) in [5.41, 5.74) is 2.77. The van der Waals surface area contributed by atoms with Crippen molar-refractivity contribution in [2.24, 2.45) is 0 Å². The Balaban J connectivity index is 1.45. The Morgan fingerprint density at radius 1 is 1.18 bits per heavy atom. The fraction of sp³-hybridized carbons (Fsp3) is 0.385. The number of hydrogen-bond donors (Lipinski definition) is 3. The van der Waals surface area contributed by atoms with Crippen molar-refractivity contribution in [3.8, 4) is 11.4 Å². The first kappa shape index (κ1) is 27.3. The zero-order chi connectivity index (χ0) is 27.9. The van der Waals surface area contributed by atoms with E-state index in [1.165, 1.54) is 11.8 Å². The molecular weight excluding hydrogens is 540 g/mol. The van der Waals surface area contributed by atoms with Crippen LogP contribution in [-0.4, -0.2) is 69.7 Å². The molecule has 0 bridgehead atoms. The summed E-state index contributed by atoms with van der Waals surface area (Å²) >= 11 is 6.28. The van der Waals surface area contributed by atoms with E-state index in [0.29, 0.717) is 36.1 Å². The molecule has 5 rings (SSSR count). The number of halogens is 1. The molecule has 3 aromatic heterocycles. The Kier molecular flexibility index (Phi) is 7.47. The van der Waals surface area contributed by atoms with Crippen molar-refractivity contribution >= 4 is 49.7 Å². The van der Waals surface area contributed by atoms with Gasteiger partial charge in [0.05, 0.1) is 31.0 Å². The minimum Gasteiger partial charge on any atom is -0.394 e. The molecule has 11 nitrogen and oxygen atoms in total. The van der Waals surface area contributed by atoms with E-state index in [1.807, 2.05) is 19.2 Å². The van der Waals surface area contributed by atoms with E-state index >= 15 is 0 Å². The normalized spacial score (nSPS) is 17.6. The Morgan fingerprint density at radius 2 is 1.97 bits per heavy atom. The molecule has 4 aromatic rings. The van der Waals surface area contributed by atoms with E-state index in [9.17, 15) is 13.5 Å². The number of rotatable bonds is 9. The van der Waals surface area contributed by atoms with Crippen LogP contribution in [0, 0.1) is 0 Å². The van der Waals surface area contributed by atoms with Crippen LogP contribution in [-0.2, 0) is 16.6 Å². The number of pyridine rings is 1. The van der Waals surface area contributed by atoms with Gasteiger partial charge in [-0.05, 0) is 42.0 Å². The lowest BCUT2D eigenvalue weighted by atomic mass is 9.92. The number of aliphatic hydroxyl groups is 1. The number of sulfonamides is 1. The second-order valence-electron chi connectivity index (χ2n) is 10.0. The van der Waals surface area contributed by atoms with E-state index in [-0.39, 0.29) is 29.8 Å². The van der Waals surface area contributed by atoms with Crippen molar-refractivity contribution in [2.75, 3.05) is 29.6 Å². The first-order valence-electron chi connectivity index (χ1n) is 12.6. The average Bonchev–Trinajstić information content (AvgIpc) is 3.25. The third-order valence-corrected chi connectivity index (χ3v) is 7.88. The number of nitrogens with one attached hydrogen (secondary N) is 2. The molecule has 206 valence electrons. The number of benzene rings is 1. The molecule has 0 aliphatic carbocycles. The minimum atomic E-state index is -3.27. The molecule has 4 heterocycles. The Morgan fingerprint density at radius 3 is 2.67 bits per heavy atom. The van der Waals surface area contributed by atoms with Gasteiger partial charge in [-0.15, -0.1) is 0 Å². The molecule has 1 aromatic carbocycles. The van der Waals surface area contributed by atoms with Gasteiger partial charge in [-0.1, -0.05) is 31.5 Å². The van der Waals surface area contributed by atoms with Crippen LogP contribution in [0.3, 0.4) is 0 Å². The van der Waals surface area contributed by atoms with Crippen molar-refractivity contribution in [1.29, 1.82) is 0 Å². The first-order valence-corrected chi connectivity index (χ1v) is 14.9. The summed E-state index contributed by atoms with van der Waals surface area (Å²) < 4.78 is 27.7. The van der Waals surface area contributed by atoms with Crippen LogP contribution in [0.2, 0.25) is 5.15 Å². The van der Waals surface area contributed by atoms with Gasteiger partial charge in [0.15, 0.2) is 11.0 Å². The van der Waals surface area contributed by atoms with Crippen molar-refractivity contribution in [3.63, 3.8) is 0 Å². The van der Waals surface area contributed by atoms with Crippen LogP contribution in [0.5, 0.6) is 0 Å². The van der Waals surface area contributed by atoms with E-state index in [1.54, 1.807) is 23.1 Å². The van der Waals surface area contributed by atoms with Crippen LogP contribution in [0.1, 0.15) is 32.3 Å². The van der Waals surface area contributed by atoms with Gasteiger partial charge in [-0.3, -0.25) is 4.68 Å². The van der Waals surface area contributed by atoms with Gasteiger partial charge >= 0.3 is 0 Å². The summed E-state index contributed by atoms with van der Waals surface area (Å²) in [4.78, 5) is 15.8. The zero-order valence-electron chi connectivity index (χ0n) is 22.1. The van der Waals surface area contributed by atoms with Gasteiger partial charge in [0.1, 0.15) is 11.6 Å². The van der Waals surface area contributed by atoms with Gasteiger partial charge in [-0.25, -0.2) is 28.1 Å². The molecule has 0 spiro atoms. The van der Waals surface area contributed by atoms with E-state index in [0.717, 1.165) is 16.5 Å². The number of fused-ring (bicyclic) bond motifs is 1. The number of hydrogen-bond acceptors (Lipinski definition) is 9. The maximum absolute atomic E-state index is 11.7. The molecule has 0 saturated carbocycles. The lowest BCUT2D eigenvalue weighted by Gasteiger charge is -2.48. The van der Waals surface area contributed by atoms with Crippen molar-refractivity contribution < 1.29 is 13.5 Å². The molecule has 1 aliphatic rings. The van der Waals surface area contributed by atoms with Crippen LogP contribution in [0.4, 0.5) is 17.3 Å². The van der Waals surface area contributed by atoms with Crippen LogP contribution >= 0.6 is 11.6 Å². The average molecular weight is 571 g/mol. The van der Waals surface area contributed by atoms with Crippen molar-refractivity contribution in [2.45, 2.75) is 45.3 Å². The van der Waals surface area contributed by atoms with Crippen LogP contribution in [0.15, 0.2) is 42.9 Å². The zero-order valence-corrected chi connectivity index (χ0v) is 23.7. The number of anilines is 3. The Hall–Kier alpha value is -3.32. The van der Waals surface area contributed by atoms with Gasteiger partial charge in [0.2, 0.25) is 10.0 Å². The minimum absolute atomic E-state index is 0.0126. The highest BCUT2D eigenvalue weighted by Gasteiger charge is 2.38. The quantitative estimate of drug-likeness (QED) is 0.276. The fourth-order valence-electron chi connectivity index (χ4n) is 4.86. The summed E-state index contributed by atoms with van der Waals surface area (Å²) in [5.74, 6) is 1.87. The fourth-order valence-corrected chi connectivity index (χ4v) is 5.91. The smallest absolute Gasteiger partial charge is 0.209 e. The van der Waals surface area contributed by atoms with Crippen molar-refractivity contribution in [1.82, 2.24) is 29.5 Å². The van der Waals surface area contributed by atoms with Crippen LogP contribution in [0.25, 0.3) is 22.2 Å². The monoisotopic (exact) mass is 570 g/mol. The SMILES string of the molecule is CC(C)c1ccc(N2C[C@H](NS(C)(=O)=O)[C@H]2C)c2cnc(Nc3ccnc(-c4cn(CCO)nc4Cl)n3)cc12. The Bertz CT molecular complexity index is 1620. The summed E-state index contributed by atoms with van der Waals surface area (Å²) in [6.45, 7) is 7.18. The third-order valence-electron chi connectivity index (χ3n) is 6.87. The maximum atomic E-state index is 11.7. The molecule has 3 N–H and O–H groups in total. The summed E-state index contributed by atoms with van der Waals surface area (Å²) in [7, 11) is -3.27. The second-order valence-corrected chi connectivity index (χ2v) is 12.2. The predicted octanol–water partition coefficient (Wildman–Crippen LogP) is 3.53. The topological polar surface area (TPSA) is 138 Å². The highest BCUT2D eigenvalue weighted by atomic mass is 35.5. The first-order chi connectivity index (χ1) is 18.5. The Labute approximate surface area is 232 Å². The molecular formula is C26H31ClN8O3S. The standard InChI is InChI=1S/C26H31ClN8O3S/c1-15(2)17-5-6-22(35-14-21(16(35)3)33-39(4,37)38)19-12-29-24(11-18(17)19)30-23-7-8-28-26(31-23)20-13-34(9-10-36)32-25(20)27/h5-8,11-13,15-16,21,33,36H,9-10,14H2,1-4H3,(H,28,29,30,31)/t16-,21+/m1/s1. The molecule has 39 heavy (non-hydrogen) atoms. The lowest BCUT2D eigenvalue weighted by molar-refractivity contribution is 0.269. The molecule has 2 atom stereocenters. The summed E-state index contributed by atoms with van der Waals surface area (Å²) in [6.07, 6.45) is 6.37. The number of aromatic nitrogens is 5. The second kappa shape index (κ2) is 10.7. The highest BCUT2D eigenvalue weighted by Crippen LogP contribution is 2.38. The molecule has 1 saturated heterocycles. The van der Waals surface area contributed by atoms with Gasteiger partial charge in [0, 0.05) is 42.3 Å². The van der Waals surface area contributed by atoms with Crippen molar-refractivity contribution in [3.05, 3.63) is 53.6 Å². The van der Waals surface area contributed by atoms with Gasteiger partial charge in [0.25, 0.3) is 0 Å². The highest BCUT2D eigenvalue weighted by molar-refractivity contribution is 7.88. The number of nitrogens with zero attached hydrogens (tertiary/aromatic N) is 6. The lowest BCUT2D eigenvalue weighted by Crippen LogP contribution is -2.65. The van der Waals surface area contributed by atoms with Crippen LogP contribution < -0.4 is 14.9 Å². The predicted molar refractivity (Wildman–Crippen MR) is 153 cm³/mol. The molecule has 0 radical (unpaired) electrons. The third kappa shape index (κ3) is 5.69. The molecule has 1 aliphatic heterocycles. The maximum Gasteiger partial charge on any atom is 0.209 e. The molecule has 1 fully saturated rings. The molecule has 0 unspecified atom stereocenters. The largest absolute Gasteiger partial charge is 0.394 e.